The molecule has 1 aliphatic heterocycles. The highest BCUT2D eigenvalue weighted by atomic mass is 32.1. The molecular weight excluding hydrogens is 442 g/mol. The number of carbonyl (C=O) groups is 3. The molecule has 0 radical (unpaired) electrons. The molecule has 1 saturated heterocycles. The number of nitrogens with zero attached hydrogens (tertiary/aromatic N) is 3. The Morgan fingerprint density at radius 2 is 2.12 bits per heavy atom. The van der Waals surface area contributed by atoms with E-state index in [2.05, 4.69) is 20.3 Å². The molecule has 33 heavy (non-hydrogen) atoms. The highest BCUT2D eigenvalue weighted by Crippen LogP contribution is 2.21. The van der Waals surface area contributed by atoms with Crippen molar-refractivity contribution < 1.29 is 19.1 Å². The number of pyridine rings is 1. The number of carbonyl (C=O) groups excluding carboxylic acids is 3. The van der Waals surface area contributed by atoms with Crippen LogP contribution in [0, 0.1) is 5.92 Å². The van der Waals surface area contributed by atoms with Crippen molar-refractivity contribution in [3.8, 4) is 0 Å². The third-order valence-corrected chi connectivity index (χ3v) is 6.18. The second kappa shape index (κ2) is 9.30. The van der Waals surface area contributed by atoms with Crippen molar-refractivity contribution >= 4 is 40.3 Å². The number of piperidine rings is 1. The molecule has 4 rings (SSSR count). The van der Waals surface area contributed by atoms with Gasteiger partial charge < -0.3 is 19.9 Å². The maximum atomic E-state index is 12.9. The van der Waals surface area contributed by atoms with E-state index in [1.807, 2.05) is 26.2 Å². The van der Waals surface area contributed by atoms with Gasteiger partial charge in [0, 0.05) is 25.8 Å². The molecule has 2 amide bonds. The molecule has 174 valence electrons. The predicted molar refractivity (Wildman–Crippen MR) is 125 cm³/mol. The number of aromatic nitrogens is 3. The predicted octanol–water partition coefficient (Wildman–Crippen LogP) is 3.63. The van der Waals surface area contributed by atoms with Crippen LogP contribution in [0.3, 0.4) is 0 Å². The van der Waals surface area contributed by atoms with E-state index >= 15 is 0 Å². The SMILES string of the molecule is CC(C)(C)OC(=O)N1CCC[C@H](CNC(=O)c2ccnc3[nH]c(C(=O)c4cccs4)nc23)C1. The number of aromatic amines is 1. The van der Waals surface area contributed by atoms with E-state index in [-0.39, 0.29) is 29.5 Å². The third kappa shape index (κ3) is 5.39. The van der Waals surface area contributed by atoms with Crippen LogP contribution >= 0.6 is 11.3 Å². The first-order valence-electron chi connectivity index (χ1n) is 10.9. The number of likely N-dealkylation sites (tertiary alicyclic amines) is 1. The Labute approximate surface area is 195 Å². The standard InChI is InChI=1S/C23H27N5O4S/c1-23(2,3)32-22(31)28-10-4-6-14(13-28)12-25-21(30)15-8-9-24-19-17(15)26-20(27-19)18(29)16-7-5-11-33-16/h5,7-9,11,14H,4,6,10,12-13H2,1-3H3,(H,25,30)(H,24,26,27)/t14-/m1/s1. The molecule has 0 spiro atoms. The fourth-order valence-electron chi connectivity index (χ4n) is 3.78. The highest BCUT2D eigenvalue weighted by Gasteiger charge is 2.28. The summed E-state index contributed by atoms with van der Waals surface area (Å²) in [6.45, 7) is 7.14. The maximum Gasteiger partial charge on any atom is 0.410 e. The molecule has 3 aromatic rings. The Morgan fingerprint density at radius 1 is 1.30 bits per heavy atom. The van der Waals surface area contributed by atoms with Gasteiger partial charge in [-0.1, -0.05) is 6.07 Å². The lowest BCUT2D eigenvalue weighted by Gasteiger charge is -2.34. The zero-order valence-electron chi connectivity index (χ0n) is 18.9. The Hall–Kier alpha value is -3.27. The third-order valence-electron chi connectivity index (χ3n) is 5.31. The van der Waals surface area contributed by atoms with E-state index in [1.165, 1.54) is 17.5 Å². The van der Waals surface area contributed by atoms with Crippen LogP contribution in [0.15, 0.2) is 29.8 Å². The quantitative estimate of drug-likeness (QED) is 0.551. The van der Waals surface area contributed by atoms with Gasteiger partial charge in [0.05, 0.1) is 10.4 Å². The zero-order valence-corrected chi connectivity index (χ0v) is 19.7. The van der Waals surface area contributed by atoms with Crippen molar-refractivity contribution in [1.29, 1.82) is 0 Å². The average molecular weight is 470 g/mol. The summed E-state index contributed by atoms with van der Waals surface area (Å²) in [5, 5.41) is 4.77. The summed E-state index contributed by atoms with van der Waals surface area (Å²) in [6, 6.07) is 5.12. The van der Waals surface area contributed by atoms with Crippen molar-refractivity contribution in [2.45, 2.75) is 39.2 Å². The van der Waals surface area contributed by atoms with E-state index in [0.717, 1.165) is 12.8 Å². The Balaban J connectivity index is 1.42. The Bertz CT molecular complexity index is 1170. The first-order valence-corrected chi connectivity index (χ1v) is 11.8. The number of ketones is 1. The Kier molecular flexibility index (Phi) is 6.46. The topological polar surface area (TPSA) is 117 Å². The number of thiophene rings is 1. The molecule has 1 atom stereocenters. The van der Waals surface area contributed by atoms with Crippen molar-refractivity contribution in [3.05, 3.63) is 46.0 Å². The number of hydrogen-bond donors (Lipinski definition) is 2. The van der Waals surface area contributed by atoms with E-state index in [1.54, 1.807) is 23.1 Å². The lowest BCUT2D eigenvalue weighted by molar-refractivity contribution is 0.0167. The fourth-order valence-corrected chi connectivity index (χ4v) is 4.45. The molecule has 1 fully saturated rings. The van der Waals surface area contributed by atoms with E-state index in [4.69, 9.17) is 4.74 Å². The molecule has 0 saturated carbocycles. The molecule has 3 aromatic heterocycles. The monoisotopic (exact) mass is 469 g/mol. The average Bonchev–Trinajstić information content (AvgIpc) is 3.46. The number of hydrogen-bond acceptors (Lipinski definition) is 7. The van der Waals surface area contributed by atoms with Gasteiger partial charge in [0.15, 0.2) is 11.5 Å². The number of ether oxygens (including phenoxy) is 1. The van der Waals surface area contributed by atoms with Crippen LogP contribution in [-0.4, -0.2) is 62.9 Å². The van der Waals surface area contributed by atoms with Crippen molar-refractivity contribution in [1.82, 2.24) is 25.2 Å². The van der Waals surface area contributed by atoms with Crippen LogP contribution in [0.2, 0.25) is 0 Å². The molecule has 1 aliphatic rings. The minimum absolute atomic E-state index is 0.127. The lowest BCUT2D eigenvalue weighted by Crippen LogP contribution is -2.45. The molecule has 0 aliphatic carbocycles. The molecule has 0 bridgehead atoms. The van der Waals surface area contributed by atoms with Gasteiger partial charge in [-0.05, 0) is 57.0 Å². The number of H-pyrrole nitrogens is 1. The molecule has 10 heteroatoms. The fraction of sp³-hybridized carbons (Fsp3) is 0.435. The summed E-state index contributed by atoms with van der Waals surface area (Å²) >= 11 is 1.33. The van der Waals surface area contributed by atoms with Gasteiger partial charge >= 0.3 is 6.09 Å². The Morgan fingerprint density at radius 3 is 2.85 bits per heavy atom. The summed E-state index contributed by atoms with van der Waals surface area (Å²) in [5.41, 5.74) is 0.546. The summed E-state index contributed by atoms with van der Waals surface area (Å²) in [6.07, 6.45) is 2.95. The number of amides is 2. The summed E-state index contributed by atoms with van der Waals surface area (Å²) in [7, 11) is 0. The van der Waals surface area contributed by atoms with Crippen molar-refractivity contribution in [2.75, 3.05) is 19.6 Å². The van der Waals surface area contributed by atoms with Gasteiger partial charge in [0.2, 0.25) is 5.78 Å². The van der Waals surface area contributed by atoms with Gasteiger partial charge in [0.25, 0.3) is 5.91 Å². The van der Waals surface area contributed by atoms with Gasteiger partial charge in [-0.15, -0.1) is 11.3 Å². The molecular formula is C23H27N5O4S. The number of rotatable bonds is 5. The summed E-state index contributed by atoms with van der Waals surface area (Å²) < 4.78 is 5.47. The lowest BCUT2D eigenvalue weighted by atomic mass is 9.98. The second-order valence-corrected chi connectivity index (χ2v) is 10.0. The van der Waals surface area contributed by atoms with Crippen LogP contribution in [0.4, 0.5) is 4.79 Å². The second-order valence-electron chi connectivity index (χ2n) is 9.09. The van der Waals surface area contributed by atoms with Gasteiger partial charge in [-0.25, -0.2) is 14.8 Å². The normalized spacial score (nSPS) is 16.6. The van der Waals surface area contributed by atoms with E-state index < -0.39 is 5.60 Å². The zero-order chi connectivity index (χ0) is 23.6. The first kappa shape index (κ1) is 22.9. The van der Waals surface area contributed by atoms with Crippen LogP contribution in [0.1, 0.15) is 59.5 Å². The van der Waals surface area contributed by atoms with Crippen LogP contribution < -0.4 is 5.32 Å². The van der Waals surface area contributed by atoms with Crippen LogP contribution in [0.25, 0.3) is 11.2 Å². The van der Waals surface area contributed by atoms with Gasteiger partial charge in [0.1, 0.15) is 11.1 Å². The summed E-state index contributed by atoms with van der Waals surface area (Å²) in [4.78, 5) is 51.7. The molecule has 9 nitrogen and oxygen atoms in total. The van der Waals surface area contributed by atoms with Crippen LogP contribution in [0.5, 0.6) is 0 Å². The molecule has 0 aromatic carbocycles. The minimum Gasteiger partial charge on any atom is -0.444 e. The first-order chi connectivity index (χ1) is 15.7. The number of fused-ring (bicyclic) bond motifs is 1. The largest absolute Gasteiger partial charge is 0.444 e. The molecule has 2 N–H and O–H groups in total. The summed E-state index contributed by atoms with van der Waals surface area (Å²) in [5.74, 6) is -0.250. The van der Waals surface area contributed by atoms with Crippen LogP contribution in [-0.2, 0) is 4.74 Å². The van der Waals surface area contributed by atoms with Gasteiger partial charge in [-0.2, -0.15) is 0 Å². The number of nitrogens with one attached hydrogen (secondary N) is 2. The minimum atomic E-state index is -0.543. The van der Waals surface area contributed by atoms with Gasteiger partial charge in [-0.3, -0.25) is 9.59 Å². The van der Waals surface area contributed by atoms with E-state index in [0.29, 0.717) is 41.2 Å². The highest BCUT2D eigenvalue weighted by molar-refractivity contribution is 7.12. The van der Waals surface area contributed by atoms with Crippen molar-refractivity contribution in [3.63, 3.8) is 0 Å². The van der Waals surface area contributed by atoms with E-state index in [9.17, 15) is 14.4 Å². The molecule has 0 unspecified atom stereocenters. The van der Waals surface area contributed by atoms with Crippen molar-refractivity contribution in [2.24, 2.45) is 5.92 Å². The molecule has 4 heterocycles. The maximum absolute atomic E-state index is 12.9. The number of imidazole rings is 1. The smallest absolute Gasteiger partial charge is 0.410 e.